The Bertz CT molecular complexity index is 854. The third-order valence-electron chi connectivity index (χ3n) is 6.12. The fraction of sp³-hybridized carbons (Fsp3) is 0.577. The Hall–Kier alpha value is -1.93. The Balaban J connectivity index is 1.69. The highest BCUT2D eigenvalue weighted by molar-refractivity contribution is 7.10. The van der Waals surface area contributed by atoms with Crippen molar-refractivity contribution in [2.24, 2.45) is 0 Å². The number of methoxy groups -OCH3 is 1. The van der Waals surface area contributed by atoms with E-state index in [0.29, 0.717) is 32.8 Å². The van der Waals surface area contributed by atoms with Crippen LogP contribution < -0.4 is 4.74 Å². The molecule has 2 atom stereocenters. The molecule has 0 spiro atoms. The fourth-order valence-electron chi connectivity index (χ4n) is 4.36. The highest BCUT2D eigenvalue weighted by Crippen LogP contribution is 2.34. The van der Waals surface area contributed by atoms with Gasteiger partial charge in [0.05, 0.1) is 18.7 Å². The van der Waals surface area contributed by atoms with Crippen molar-refractivity contribution < 1.29 is 19.4 Å². The minimum atomic E-state index is -0.421. The summed E-state index contributed by atoms with van der Waals surface area (Å²) in [7, 11) is 1.69. The number of aliphatic hydroxyl groups is 1. The van der Waals surface area contributed by atoms with Crippen LogP contribution in [-0.4, -0.2) is 73.4 Å². The van der Waals surface area contributed by atoms with Crippen LogP contribution in [0, 0.1) is 6.92 Å². The first-order chi connectivity index (χ1) is 16.0. The number of hydrogen-bond acceptors (Lipinski definition) is 6. The van der Waals surface area contributed by atoms with Crippen molar-refractivity contribution in [2.75, 3.05) is 46.5 Å². The molecule has 33 heavy (non-hydrogen) atoms. The lowest BCUT2D eigenvalue weighted by Gasteiger charge is -2.37. The molecule has 3 rings (SSSR count). The van der Waals surface area contributed by atoms with Crippen molar-refractivity contribution >= 4 is 17.2 Å². The maximum atomic E-state index is 13.5. The quantitative estimate of drug-likeness (QED) is 0.444. The SMILES string of the molecule is CCC[C@@H](O)CN(CCCOC)CC(=O)N1CCc2sccc2[C@@H]1COc1ccc(C)cc1. The molecule has 182 valence electrons. The smallest absolute Gasteiger partial charge is 0.237 e. The van der Waals surface area contributed by atoms with E-state index in [4.69, 9.17) is 9.47 Å². The fourth-order valence-corrected chi connectivity index (χ4v) is 5.28. The van der Waals surface area contributed by atoms with Crippen LogP contribution in [0.3, 0.4) is 0 Å². The average Bonchev–Trinajstić information content (AvgIpc) is 3.28. The van der Waals surface area contributed by atoms with Crippen LogP contribution in [0.15, 0.2) is 35.7 Å². The number of nitrogens with zero attached hydrogens (tertiary/aromatic N) is 2. The van der Waals surface area contributed by atoms with Gasteiger partial charge in [-0.05, 0) is 55.3 Å². The van der Waals surface area contributed by atoms with E-state index < -0.39 is 6.10 Å². The van der Waals surface area contributed by atoms with Gasteiger partial charge in [0.15, 0.2) is 0 Å². The predicted molar refractivity (Wildman–Crippen MR) is 133 cm³/mol. The summed E-state index contributed by atoms with van der Waals surface area (Å²) in [5.74, 6) is 0.907. The first kappa shape index (κ1) is 25.7. The zero-order valence-electron chi connectivity index (χ0n) is 20.2. The summed E-state index contributed by atoms with van der Waals surface area (Å²) < 4.78 is 11.3. The molecule has 0 saturated heterocycles. The molecule has 2 aromatic rings. The van der Waals surface area contributed by atoms with Crippen LogP contribution in [-0.2, 0) is 16.0 Å². The van der Waals surface area contributed by atoms with Gasteiger partial charge in [-0.3, -0.25) is 9.69 Å². The molecule has 1 amide bonds. The summed E-state index contributed by atoms with van der Waals surface area (Å²) in [5, 5.41) is 12.5. The molecule has 1 aromatic carbocycles. The number of aryl methyl sites for hydroxylation is 1. The number of ether oxygens (including phenoxy) is 2. The molecule has 0 fully saturated rings. The van der Waals surface area contributed by atoms with Gasteiger partial charge in [-0.25, -0.2) is 0 Å². The maximum absolute atomic E-state index is 13.5. The monoisotopic (exact) mass is 474 g/mol. The highest BCUT2D eigenvalue weighted by Gasteiger charge is 2.33. The number of thiophene rings is 1. The summed E-state index contributed by atoms with van der Waals surface area (Å²) in [6.45, 7) is 7.41. The largest absolute Gasteiger partial charge is 0.491 e. The van der Waals surface area contributed by atoms with Gasteiger partial charge in [0.1, 0.15) is 12.4 Å². The lowest BCUT2D eigenvalue weighted by Crippen LogP contribution is -2.48. The molecule has 0 bridgehead atoms. The summed E-state index contributed by atoms with van der Waals surface area (Å²) in [6.07, 6.45) is 2.95. The molecule has 0 saturated carbocycles. The van der Waals surface area contributed by atoms with Crippen molar-refractivity contribution in [3.63, 3.8) is 0 Å². The Morgan fingerprint density at radius 1 is 1.30 bits per heavy atom. The molecule has 1 aliphatic heterocycles. The van der Waals surface area contributed by atoms with E-state index >= 15 is 0 Å². The van der Waals surface area contributed by atoms with Crippen molar-refractivity contribution in [2.45, 2.75) is 51.7 Å². The molecule has 1 aromatic heterocycles. The molecule has 2 heterocycles. The second-order valence-corrected chi connectivity index (χ2v) is 9.80. The van der Waals surface area contributed by atoms with Gasteiger partial charge >= 0.3 is 0 Å². The van der Waals surface area contributed by atoms with Gasteiger partial charge in [-0.15, -0.1) is 11.3 Å². The lowest BCUT2D eigenvalue weighted by molar-refractivity contribution is -0.136. The van der Waals surface area contributed by atoms with E-state index in [0.717, 1.165) is 38.0 Å². The van der Waals surface area contributed by atoms with Gasteiger partial charge in [-0.2, -0.15) is 0 Å². The Morgan fingerprint density at radius 2 is 2.09 bits per heavy atom. The Labute approximate surface area is 202 Å². The van der Waals surface area contributed by atoms with Gasteiger partial charge in [0.2, 0.25) is 5.91 Å². The number of benzene rings is 1. The van der Waals surface area contributed by atoms with Crippen LogP contribution in [0.5, 0.6) is 5.75 Å². The van der Waals surface area contributed by atoms with Crippen molar-refractivity contribution in [1.82, 2.24) is 9.80 Å². The van der Waals surface area contributed by atoms with Crippen molar-refractivity contribution in [1.29, 1.82) is 0 Å². The number of amides is 1. The van der Waals surface area contributed by atoms with E-state index in [-0.39, 0.29) is 11.9 Å². The Morgan fingerprint density at radius 3 is 2.82 bits per heavy atom. The maximum Gasteiger partial charge on any atom is 0.237 e. The molecular weight excluding hydrogens is 436 g/mol. The number of carbonyl (C=O) groups is 1. The number of carbonyl (C=O) groups excluding carboxylic acids is 1. The highest BCUT2D eigenvalue weighted by atomic mass is 32.1. The minimum absolute atomic E-state index is 0.0884. The minimum Gasteiger partial charge on any atom is -0.491 e. The van der Waals surface area contributed by atoms with Crippen LogP contribution in [0.1, 0.15) is 48.2 Å². The molecule has 1 aliphatic rings. The van der Waals surface area contributed by atoms with Gasteiger partial charge < -0.3 is 19.5 Å². The van der Waals surface area contributed by atoms with Crippen molar-refractivity contribution in [3.05, 3.63) is 51.7 Å². The van der Waals surface area contributed by atoms with Crippen LogP contribution in [0.4, 0.5) is 0 Å². The first-order valence-corrected chi connectivity index (χ1v) is 12.8. The van der Waals surface area contributed by atoms with Gasteiger partial charge in [-0.1, -0.05) is 31.0 Å². The molecule has 0 aliphatic carbocycles. The molecule has 0 radical (unpaired) electrons. The molecule has 7 heteroatoms. The molecule has 1 N–H and O–H groups in total. The van der Waals surface area contributed by atoms with Gasteiger partial charge in [0.25, 0.3) is 0 Å². The topological polar surface area (TPSA) is 62.2 Å². The van der Waals surface area contributed by atoms with Gasteiger partial charge in [0, 0.05) is 38.2 Å². The third-order valence-corrected chi connectivity index (χ3v) is 7.11. The van der Waals surface area contributed by atoms with E-state index in [1.54, 1.807) is 18.4 Å². The van der Waals surface area contributed by atoms with Crippen LogP contribution >= 0.6 is 11.3 Å². The van der Waals surface area contributed by atoms with E-state index in [2.05, 4.69) is 30.2 Å². The van der Waals surface area contributed by atoms with Crippen LogP contribution in [0.25, 0.3) is 0 Å². The molecule has 0 unspecified atom stereocenters. The lowest BCUT2D eigenvalue weighted by atomic mass is 10.0. The zero-order valence-corrected chi connectivity index (χ0v) is 21.0. The second-order valence-electron chi connectivity index (χ2n) is 8.80. The number of aliphatic hydroxyl groups excluding tert-OH is 1. The normalized spacial score (nSPS) is 16.6. The van der Waals surface area contributed by atoms with E-state index in [9.17, 15) is 9.90 Å². The summed E-state index contributed by atoms with van der Waals surface area (Å²) in [6, 6.07) is 10.1. The zero-order chi connectivity index (χ0) is 23.6. The number of rotatable bonds is 13. The van der Waals surface area contributed by atoms with Crippen molar-refractivity contribution in [3.8, 4) is 5.75 Å². The number of hydrogen-bond donors (Lipinski definition) is 1. The Kier molecular flexibility index (Phi) is 10.2. The van der Waals surface area contributed by atoms with Crippen LogP contribution in [0.2, 0.25) is 0 Å². The number of fused-ring (bicyclic) bond motifs is 1. The average molecular weight is 475 g/mol. The predicted octanol–water partition coefficient (Wildman–Crippen LogP) is 4.06. The summed E-state index contributed by atoms with van der Waals surface area (Å²) in [5.41, 5.74) is 2.39. The second kappa shape index (κ2) is 13.1. The molecule has 6 nitrogen and oxygen atoms in total. The summed E-state index contributed by atoms with van der Waals surface area (Å²) in [4.78, 5) is 18.9. The van der Waals surface area contributed by atoms with E-state index in [1.807, 2.05) is 29.2 Å². The first-order valence-electron chi connectivity index (χ1n) is 12.0. The third kappa shape index (κ3) is 7.54. The van der Waals surface area contributed by atoms with E-state index in [1.165, 1.54) is 16.0 Å². The summed E-state index contributed by atoms with van der Waals surface area (Å²) >= 11 is 1.76. The standard InChI is InChI=1S/C26H38N2O4S/c1-4-6-21(29)17-27(13-5-15-31-3)18-26(30)28-14-11-25-23(12-16-33-25)24(28)19-32-22-9-7-20(2)8-10-22/h7-10,12,16,21,24,29H,4-6,11,13-15,17-19H2,1-3H3/t21-,24+/m1/s1. The molecular formula is C26H38N2O4S.